The predicted molar refractivity (Wildman–Crippen MR) is 99.1 cm³/mol. The fourth-order valence-corrected chi connectivity index (χ4v) is 3.15. The number of aromatic hydroxyl groups is 1. The van der Waals surface area contributed by atoms with Crippen LogP contribution in [0.25, 0.3) is 11.5 Å². The van der Waals surface area contributed by atoms with E-state index in [2.05, 4.69) is 15.5 Å². The molecule has 10 heteroatoms. The molecule has 0 aliphatic carbocycles. The second-order valence-electron chi connectivity index (χ2n) is 5.17. The van der Waals surface area contributed by atoms with Gasteiger partial charge >= 0.3 is 0 Å². The predicted octanol–water partition coefficient (Wildman–Crippen LogP) is 4.99. The number of halogens is 4. The molecule has 2 N–H and O–H groups in total. The third-order valence-corrected chi connectivity index (χ3v) is 4.28. The normalized spacial score (nSPS) is 10.8. The smallest absolute Gasteiger partial charge is 0.292 e. The van der Waals surface area contributed by atoms with Crippen molar-refractivity contribution < 1.29 is 14.4 Å². The highest BCUT2D eigenvalue weighted by molar-refractivity contribution is 6.37. The van der Waals surface area contributed by atoms with Gasteiger partial charge in [-0.3, -0.25) is 4.79 Å². The van der Waals surface area contributed by atoms with Crippen LogP contribution >= 0.6 is 46.4 Å². The Morgan fingerprint density at radius 1 is 1.04 bits per heavy atom. The van der Waals surface area contributed by atoms with E-state index in [4.69, 9.17) is 50.9 Å². The lowest BCUT2D eigenvalue weighted by Crippen LogP contribution is -2.23. The molecule has 0 atom stereocenters. The zero-order valence-electron chi connectivity index (χ0n) is 12.8. The summed E-state index contributed by atoms with van der Waals surface area (Å²) in [7, 11) is 0. The van der Waals surface area contributed by atoms with Crippen molar-refractivity contribution in [2.75, 3.05) is 0 Å². The molecule has 1 heterocycles. The molecule has 0 radical (unpaired) electrons. The first-order valence-corrected chi connectivity index (χ1v) is 8.60. The third kappa shape index (κ3) is 4.22. The van der Waals surface area contributed by atoms with Gasteiger partial charge in [0.1, 0.15) is 0 Å². The molecule has 0 bridgehead atoms. The number of hydrogen-bond acceptors (Lipinski definition) is 5. The van der Waals surface area contributed by atoms with E-state index in [0.717, 1.165) is 5.56 Å². The van der Waals surface area contributed by atoms with E-state index in [0.29, 0.717) is 15.6 Å². The summed E-state index contributed by atoms with van der Waals surface area (Å²) in [5, 5.41) is 16.8. The average Bonchev–Trinajstić information content (AvgIpc) is 3.06. The van der Waals surface area contributed by atoms with E-state index in [1.165, 1.54) is 12.1 Å². The van der Waals surface area contributed by atoms with E-state index in [1.54, 1.807) is 18.2 Å². The largest absolute Gasteiger partial charge is 0.505 e. The Labute approximate surface area is 167 Å². The van der Waals surface area contributed by atoms with Gasteiger partial charge in [0, 0.05) is 22.2 Å². The highest BCUT2D eigenvalue weighted by Gasteiger charge is 2.17. The maximum absolute atomic E-state index is 12.2. The number of nitrogens with one attached hydrogen (secondary N) is 1. The summed E-state index contributed by atoms with van der Waals surface area (Å²) in [6.07, 6.45) is 0. The SMILES string of the molecule is O=C(NCc1cc(Cl)cc(Cl)c1)c1noc(-c2cc(Cl)c(O)c(Cl)c2)n1. The van der Waals surface area contributed by atoms with Gasteiger partial charge in [0.2, 0.25) is 0 Å². The van der Waals surface area contributed by atoms with E-state index < -0.39 is 5.91 Å². The summed E-state index contributed by atoms with van der Waals surface area (Å²) in [5.74, 6) is -0.944. The van der Waals surface area contributed by atoms with Gasteiger partial charge in [-0.1, -0.05) is 51.6 Å². The van der Waals surface area contributed by atoms with E-state index in [9.17, 15) is 9.90 Å². The van der Waals surface area contributed by atoms with Crippen LogP contribution in [0.15, 0.2) is 34.9 Å². The number of benzene rings is 2. The fraction of sp³-hybridized carbons (Fsp3) is 0.0625. The monoisotopic (exact) mass is 431 g/mol. The minimum Gasteiger partial charge on any atom is -0.505 e. The summed E-state index contributed by atoms with van der Waals surface area (Å²) >= 11 is 23.5. The number of hydrogen-bond donors (Lipinski definition) is 2. The number of aromatic nitrogens is 2. The van der Waals surface area contributed by atoms with Crippen molar-refractivity contribution in [1.82, 2.24) is 15.5 Å². The van der Waals surface area contributed by atoms with Crippen molar-refractivity contribution in [1.29, 1.82) is 0 Å². The minimum atomic E-state index is -0.549. The van der Waals surface area contributed by atoms with Crippen LogP contribution in [-0.4, -0.2) is 21.2 Å². The summed E-state index contributed by atoms with van der Waals surface area (Å²) in [4.78, 5) is 16.2. The molecular formula is C16H9Cl4N3O3. The van der Waals surface area contributed by atoms with Crippen molar-refractivity contribution in [2.45, 2.75) is 6.54 Å². The number of rotatable bonds is 4. The van der Waals surface area contributed by atoms with Gasteiger partial charge in [-0.25, -0.2) is 0 Å². The Morgan fingerprint density at radius 3 is 2.27 bits per heavy atom. The van der Waals surface area contributed by atoms with E-state index >= 15 is 0 Å². The van der Waals surface area contributed by atoms with Crippen LogP contribution in [0.3, 0.4) is 0 Å². The van der Waals surface area contributed by atoms with Crippen molar-refractivity contribution in [3.05, 3.63) is 61.8 Å². The number of phenolic OH excluding ortho intramolecular Hbond substituents is 1. The average molecular weight is 433 g/mol. The van der Waals surface area contributed by atoms with Crippen molar-refractivity contribution in [3.63, 3.8) is 0 Å². The second kappa shape index (κ2) is 7.72. The van der Waals surface area contributed by atoms with Crippen LogP contribution in [0, 0.1) is 0 Å². The van der Waals surface area contributed by atoms with Gasteiger partial charge < -0.3 is 14.9 Å². The lowest BCUT2D eigenvalue weighted by Gasteiger charge is -2.04. The molecule has 0 saturated heterocycles. The summed E-state index contributed by atoms with van der Waals surface area (Å²) in [6, 6.07) is 7.73. The molecule has 0 spiro atoms. The van der Waals surface area contributed by atoms with Crippen LogP contribution in [0.1, 0.15) is 16.2 Å². The lowest BCUT2D eigenvalue weighted by atomic mass is 10.2. The van der Waals surface area contributed by atoms with Crippen LogP contribution in [0.4, 0.5) is 0 Å². The number of amides is 1. The highest BCUT2D eigenvalue weighted by Crippen LogP contribution is 2.35. The Balaban J connectivity index is 1.74. The molecule has 6 nitrogen and oxygen atoms in total. The molecule has 26 heavy (non-hydrogen) atoms. The Hall–Kier alpha value is -1.99. The molecule has 1 aromatic heterocycles. The zero-order chi connectivity index (χ0) is 18.8. The van der Waals surface area contributed by atoms with Gasteiger partial charge in [0.05, 0.1) is 10.0 Å². The van der Waals surface area contributed by atoms with Crippen LogP contribution in [0.5, 0.6) is 5.75 Å². The summed E-state index contributed by atoms with van der Waals surface area (Å²) in [6.45, 7) is 0.180. The Kier molecular flexibility index (Phi) is 5.58. The molecule has 0 unspecified atom stereocenters. The van der Waals surface area contributed by atoms with E-state index in [-0.39, 0.29) is 34.1 Å². The molecule has 3 rings (SSSR count). The highest BCUT2D eigenvalue weighted by atomic mass is 35.5. The minimum absolute atomic E-state index is 0.0227. The van der Waals surface area contributed by atoms with Crippen molar-refractivity contribution >= 4 is 52.3 Å². The van der Waals surface area contributed by atoms with Crippen molar-refractivity contribution in [2.24, 2.45) is 0 Å². The molecule has 134 valence electrons. The molecule has 0 aliphatic heterocycles. The van der Waals surface area contributed by atoms with Gasteiger partial charge in [0.25, 0.3) is 17.6 Å². The van der Waals surface area contributed by atoms with Gasteiger partial charge in [-0.15, -0.1) is 0 Å². The van der Waals surface area contributed by atoms with Crippen LogP contribution < -0.4 is 5.32 Å². The Morgan fingerprint density at radius 2 is 1.65 bits per heavy atom. The topological polar surface area (TPSA) is 88.2 Å². The first-order valence-electron chi connectivity index (χ1n) is 7.09. The van der Waals surface area contributed by atoms with Gasteiger partial charge in [0.15, 0.2) is 5.75 Å². The molecular weight excluding hydrogens is 424 g/mol. The standard InChI is InChI=1S/C16H9Cl4N3O3/c17-9-1-7(2-10(18)5-9)6-21-15(25)14-22-16(26-23-14)8-3-11(19)13(24)12(20)4-8/h1-5,24H,6H2,(H,21,25). The molecule has 0 saturated carbocycles. The van der Waals surface area contributed by atoms with E-state index in [1.807, 2.05) is 0 Å². The molecule has 0 aliphatic rings. The van der Waals surface area contributed by atoms with Crippen LogP contribution in [-0.2, 0) is 6.54 Å². The first-order chi connectivity index (χ1) is 12.3. The number of carbonyl (C=O) groups excluding carboxylic acids is 1. The molecule has 0 fully saturated rings. The maximum Gasteiger partial charge on any atom is 0.292 e. The summed E-state index contributed by atoms with van der Waals surface area (Å²) in [5.41, 5.74) is 1.09. The number of phenols is 1. The summed E-state index contributed by atoms with van der Waals surface area (Å²) < 4.78 is 5.05. The van der Waals surface area contributed by atoms with Gasteiger partial charge in [-0.2, -0.15) is 4.98 Å². The second-order valence-corrected chi connectivity index (χ2v) is 6.86. The fourth-order valence-electron chi connectivity index (χ4n) is 2.10. The molecule has 3 aromatic rings. The van der Waals surface area contributed by atoms with Gasteiger partial charge in [-0.05, 0) is 35.9 Å². The third-order valence-electron chi connectivity index (χ3n) is 3.27. The van der Waals surface area contributed by atoms with Crippen molar-refractivity contribution in [3.8, 4) is 17.2 Å². The molecule has 2 aromatic carbocycles. The number of nitrogens with zero attached hydrogens (tertiary/aromatic N) is 2. The first kappa shape index (κ1) is 18.8. The quantitative estimate of drug-likeness (QED) is 0.606. The maximum atomic E-state index is 12.2. The van der Waals surface area contributed by atoms with Crippen LogP contribution in [0.2, 0.25) is 20.1 Å². The Bertz CT molecular complexity index is 947. The molecule has 1 amide bonds. The lowest BCUT2D eigenvalue weighted by molar-refractivity contribution is 0.0937. The number of carbonyl (C=O) groups is 1. The zero-order valence-corrected chi connectivity index (χ0v) is 15.8.